The summed E-state index contributed by atoms with van der Waals surface area (Å²) in [5.74, 6) is 0.601. The molecule has 0 bridgehead atoms. The Kier molecular flexibility index (Phi) is 7.93. The maximum Gasteiger partial charge on any atom is 0.253 e. The molecule has 1 amide bonds. The number of carbonyl (C=O) groups is 1. The Morgan fingerprint density at radius 1 is 1.27 bits per heavy atom. The molecule has 6 nitrogen and oxygen atoms in total. The molecule has 4 rings (SSSR count). The van der Waals surface area contributed by atoms with E-state index in [4.69, 9.17) is 9.72 Å². The number of pyridine rings is 1. The first-order valence-electron chi connectivity index (χ1n) is 12.0. The molecule has 7 heteroatoms. The molecule has 1 N–H and O–H groups in total. The van der Waals surface area contributed by atoms with Gasteiger partial charge in [0, 0.05) is 48.7 Å². The minimum absolute atomic E-state index is 0.0506. The highest BCUT2D eigenvalue weighted by molar-refractivity contribution is 7.13. The summed E-state index contributed by atoms with van der Waals surface area (Å²) in [7, 11) is 1.64. The fourth-order valence-corrected chi connectivity index (χ4v) is 5.45. The van der Waals surface area contributed by atoms with Gasteiger partial charge in [-0.15, -0.1) is 11.3 Å². The molecule has 0 spiro atoms. The molecule has 0 atom stereocenters. The van der Waals surface area contributed by atoms with Crippen LogP contribution in [0.25, 0.3) is 22.0 Å². The van der Waals surface area contributed by atoms with Crippen LogP contribution in [0.5, 0.6) is 0 Å². The molecule has 0 saturated heterocycles. The lowest BCUT2D eigenvalue weighted by atomic mass is 9.89. The van der Waals surface area contributed by atoms with Crippen molar-refractivity contribution < 1.29 is 9.53 Å². The monoisotopic (exact) mass is 466 g/mol. The smallest absolute Gasteiger partial charge is 0.253 e. The number of carbonyl (C=O) groups excluding carboxylic acids is 1. The number of nitrogens with one attached hydrogen (secondary N) is 1. The summed E-state index contributed by atoms with van der Waals surface area (Å²) in [5.41, 5.74) is 5.86. The zero-order valence-electron chi connectivity index (χ0n) is 19.9. The summed E-state index contributed by atoms with van der Waals surface area (Å²) >= 11 is 1.64. The summed E-state index contributed by atoms with van der Waals surface area (Å²) < 4.78 is 7.41. The fraction of sp³-hybridized carbons (Fsp3) is 0.500. The van der Waals surface area contributed by atoms with E-state index in [2.05, 4.69) is 40.2 Å². The van der Waals surface area contributed by atoms with Gasteiger partial charge in [-0.05, 0) is 50.3 Å². The largest absolute Gasteiger partial charge is 0.383 e. The van der Waals surface area contributed by atoms with Gasteiger partial charge in [0.1, 0.15) is 5.01 Å². The number of amides is 1. The fourth-order valence-electron chi connectivity index (χ4n) is 4.64. The van der Waals surface area contributed by atoms with Crippen molar-refractivity contribution in [3.63, 3.8) is 0 Å². The van der Waals surface area contributed by atoms with E-state index in [-0.39, 0.29) is 5.91 Å². The molecule has 33 heavy (non-hydrogen) atoms. The van der Waals surface area contributed by atoms with Crippen molar-refractivity contribution >= 4 is 17.2 Å². The maximum absolute atomic E-state index is 12.9. The molecule has 1 saturated carbocycles. The van der Waals surface area contributed by atoms with Crippen LogP contribution in [-0.4, -0.2) is 40.7 Å². The highest BCUT2D eigenvalue weighted by Crippen LogP contribution is 2.34. The highest BCUT2D eigenvalue weighted by atomic mass is 32.1. The third-order valence-corrected chi connectivity index (χ3v) is 7.45. The second-order valence-electron chi connectivity index (χ2n) is 8.82. The third kappa shape index (κ3) is 5.53. The van der Waals surface area contributed by atoms with Crippen LogP contribution in [0.15, 0.2) is 29.8 Å². The van der Waals surface area contributed by atoms with E-state index in [0.29, 0.717) is 19.1 Å². The Morgan fingerprint density at radius 2 is 2.09 bits per heavy atom. The Hall–Kier alpha value is -2.51. The topological polar surface area (TPSA) is 69.0 Å². The molecule has 0 radical (unpaired) electrons. The van der Waals surface area contributed by atoms with Crippen molar-refractivity contribution in [1.29, 1.82) is 0 Å². The first-order chi connectivity index (χ1) is 16.1. The number of nitrogens with zero attached hydrogens (tertiary/aromatic N) is 3. The summed E-state index contributed by atoms with van der Waals surface area (Å²) in [6, 6.07) is 6.15. The van der Waals surface area contributed by atoms with Gasteiger partial charge in [-0.2, -0.15) is 0 Å². The molecule has 1 aliphatic rings. The second kappa shape index (κ2) is 11.1. The van der Waals surface area contributed by atoms with Gasteiger partial charge in [0.15, 0.2) is 0 Å². The van der Waals surface area contributed by atoms with Crippen LogP contribution in [0.3, 0.4) is 0 Å². The van der Waals surface area contributed by atoms with E-state index in [1.165, 1.54) is 32.1 Å². The third-order valence-electron chi connectivity index (χ3n) is 6.56. The van der Waals surface area contributed by atoms with E-state index in [1.54, 1.807) is 18.4 Å². The molecule has 3 heterocycles. The molecule has 176 valence electrons. The van der Waals surface area contributed by atoms with Crippen molar-refractivity contribution in [3.05, 3.63) is 46.7 Å². The summed E-state index contributed by atoms with van der Waals surface area (Å²) in [6.07, 6.45) is 9.20. The lowest BCUT2D eigenvalue weighted by Crippen LogP contribution is -2.27. The first-order valence-corrected chi connectivity index (χ1v) is 12.9. The highest BCUT2D eigenvalue weighted by Gasteiger charge is 2.23. The molecule has 0 aliphatic heterocycles. The van der Waals surface area contributed by atoms with Crippen LogP contribution in [-0.2, 0) is 17.7 Å². The van der Waals surface area contributed by atoms with Crippen molar-refractivity contribution in [2.75, 3.05) is 20.3 Å². The van der Waals surface area contributed by atoms with Gasteiger partial charge in [0.05, 0.1) is 23.6 Å². The minimum atomic E-state index is -0.0506. The molecule has 1 fully saturated rings. The number of hydrogen-bond donors (Lipinski definition) is 1. The number of aryl methyl sites for hydroxylation is 1. The number of methoxy groups -OCH3 is 1. The van der Waals surface area contributed by atoms with Crippen molar-refractivity contribution in [3.8, 4) is 22.0 Å². The van der Waals surface area contributed by atoms with Gasteiger partial charge in [-0.25, -0.2) is 4.98 Å². The first kappa shape index (κ1) is 23.6. The Morgan fingerprint density at radius 3 is 2.85 bits per heavy atom. The Bertz CT molecular complexity index is 1080. The van der Waals surface area contributed by atoms with Crippen molar-refractivity contribution in [1.82, 2.24) is 19.9 Å². The van der Waals surface area contributed by atoms with Crippen LogP contribution >= 0.6 is 11.3 Å². The molecule has 1 aliphatic carbocycles. The normalized spacial score (nSPS) is 14.5. The summed E-state index contributed by atoms with van der Waals surface area (Å²) in [6.45, 7) is 6.11. The standard InChI is InChI=1S/C26H34N4O2S/c1-4-21-14-20(10-11-27-21)26-29-23(17-33-26)24-15-22(25(31)28-12-13-32-3)18(2)30(24)16-19-8-6-5-7-9-19/h10-11,14-15,17,19H,4-9,12-13,16H2,1-3H3,(H,28,31). The van der Waals surface area contributed by atoms with E-state index >= 15 is 0 Å². The SMILES string of the molecule is CCc1cc(-c2nc(-c3cc(C(=O)NCCOC)c(C)n3CC3CCCCC3)cs2)ccn1. The Labute approximate surface area is 200 Å². The molecular weight excluding hydrogens is 432 g/mol. The number of rotatable bonds is 9. The van der Waals surface area contributed by atoms with Crippen LogP contribution in [0.2, 0.25) is 0 Å². The average molecular weight is 467 g/mol. The lowest BCUT2D eigenvalue weighted by molar-refractivity contribution is 0.0936. The predicted molar refractivity (Wildman–Crippen MR) is 134 cm³/mol. The van der Waals surface area contributed by atoms with Crippen LogP contribution < -0.4 is 5.32 Å². The van der Waals surface area contributed by atoms with E-state index in [0.717, 1.165) is 51.9 Å². The van der Waals surface area contributed by atoms with Gasteiger partial charge in [0.2, 0.25) is 0 Å². The maximum atomic E-state index is 12.9. The van der Waals surface area contributed by atoms with Crippen molar-refractivity contribution in [2.45, 2.75) is 58.9 Å². The van der Waals surface area contributed by atoms with Gasteiger partial charge in [0.25, 0.3) is 5.91 Å². The van der Waals surface area contributed by atoms with Gasteiger partial charge < -0.3 is 14.6 Å². The number of thiazole rings is 1. The average Bonchev–Trinajstić information content (AvgIpc) is 3.45. The molecule has 0 unspecified atom stereocenters. The minimum Gasteiger partial charge on any atom is -0.383 e. The van der Waals surface area contributed by atoms with Crippen LogP contribution in [0, 0.1) is 12.8 Å². The predicted octanol–water partition coefficient (Wildman–Crippen LogP) is 5.50. The molecule has 3 aromatic rings. The van der Waals surface area contributed by atoms with Gasteiger partial charge >= 0.3 is 0 Å². The van der Waals surface area contributed by atoms with E-state index in [9.17, 15) is 4.79 Å². The van der Waals surface area contributed by atoms with Gasteiger partial charge in [-0.1, -0.05) is 26.2 Å². The van der Waals surface area contributed by atoms with E-state index in [1.807, 2.05) is 18.3 Å². The van der Waals surface area contributed by atoms with E-state index < -0.39 is 0 Å². The lowest BCUT2D eigenvalue weighted by Gasteiger charge is -2.24. The summed E-state index contributed by atoms with van der Waals surface area (Å²) in [4.78, 5) is 22.3. The van der Waals surface area contributed by atoms with Crippen LogP contribution in [0.4, 0.5) is 0 Å². The van der Waals surface area contributed by atoms with Crippen LogP contribution in [0.1, 0.15) is 60.8 Å². The molecular formula is C26H34N4O2S. The Balaban J connectivity index is 1.67. The number of hydrogen-bond acceptors (Lipinski definition) is 5. The quantitative estimate of drug-likeness (QED) is 0.423. The molecule has 0 aromatic carbocycles. The molecule has 3 aromatic heterocycles. The van der Waals surface area contributed by atoms with Gasteiger partial charge in [-0.3, -0.25) is 9.78 Å². The van der Waals surface area contributed by atoms with Crippen molar-refractivity contribution in [2.24, 2.45) is 5.92 Å². The second-order valence-corrected chi connectivity index (χ2v) is 9.68. The number of ether oxygens (including phenoxy) is 1. The zero-order valence-corrected chi connectivity index (χ0v) is 20.7. The summed E-state index contributed by atoms with van der Waals surface area (Å²) in [5, 5.41) is 6.07. The number of aromatic nitrogens is 3. The zero-order chi connectivity index (χ0) is 23.2.